The maximum absolute atomic E-state index is 12.5. The first-order chi connectivity index (χ1) is 14.9. The molecule has 2 aromatic carbocycles. The molecule has 1 aromatic heterocycles. The van der Waals surface area contributed by atoms with Crippen molar-refractivity contribution in [2.75, 3.05) is 6.54 Å². The molecule has 10 heteroatoms. The summed E-state index contributed by atoms with van der Waals surface area (Å²) in [6, 6.07) is 13.3. The first-order valence-electron chi connectivity index (χ1n) is 9.39. The number of benzene rings is 2. The molecule has 0 saturated carbocycles. The van der Waals surface area contributed by atoms with Gasteiger partial charge in [-0.3, -0.25) is 34.1 Å². The van der Waals surface area contributed by atoms with Crippen LogP contribution in [0.5, 0.6) is 0 Å². The summed E-state index contributed by atoms with van der Waals surface area (Å²) in [5.74, 6) is -2.11. The van der Waals surface area contributed by atoms with E-state index < -0.39 is 34.9 Å². The summed E-state index contributed by atoms with van der Waals surface area (Å²) in [5, 5.41) is 18.0. The number of rotatable bonds is 7. The molecule has 0 radical (unpaired) electrons. The monoisotopic (exact) mass is 419 g/mol. The van der Waals surface area contributed by atoms with Crippen LogP contribution in [0.15, 0.2) is 60.9 Å². The number of hydrogen-bond acceptors (Lipinski definition) is 6. The van der Waals surface area contributed by atoms with Gasteiger partial charge in [0.25, 0.3) is 17.5 Å². The summed E-state index contributed by atoms with van der Waals surface area (Å²) in [6.07, 6.45) is 3.57. The molecule has 0 aliphatic carbocycles. The molecule has 156 valence electrons. The lowest BCUT2D eigenvalue weighted by Crippen LogP contribution is -2.40. The van der Waals surface area contributed by atoms with E-state index in [9.17, 15) is 24.5 Å². The number of nitro groups is 1. The second-order valence-electron chi connectivity index (χ2n) is 6.95. The Morgan fingerprint density at radius 3 is 2.45 bits per heavy atom. The Labute approximate surface area is 176 Å². The highest BCUT2D eigenvalue weighted by molar-refractivity contribution is 6.24. The van der Waals surface area contributed by atoms with Gasteiger partial charge in [0.15, 0.2) is 0 Å². The minimum Gasteiger partial charge on any atom is -0.350 e. The van der Waals surface area contributed by atoms with E-state index in [2.05, 4.69) is 10.4 Å². The number of carbonyl (C=O) groups is 3. The predicted octanol–water partition coefficient (Wildman–Crippen LogP) is 1.75. The summed E-state index contributed by atoms with van der Waals surface area (Å²) in [5.41, 5.74) is 1.09. The van der Waals surface area contributed by atoms with E-state index in [0.717, 1.165) is 22.1 Å². The fourth-order valence-corrected chi connectivity index (χ4v) is 3.36. The van der Waals surface area contributed by atoms with Gasteiger partial charge < -0.3 is 5.32 Å². The van der Waals surface area contributed by atoms with Crippen LogP contribution >= 0.6 is 0 Å². The highest BCUT2D eigenvalue weighted by atomic mass is 16.6. The van der Waals surface area contributed by atoms with Crippen LogP contribution in [-0.2, 0) is 17.9 Å². The van der Waals surface area contributed by atoms with Crippen molar-refractivity contribution < 1.29 is 19.3 Å². The van der Waals surface area contributed by atoms with Crippen LogP contribution in [0.3, 0.4) is 0 Å². The minimum atomic E-state index is -0.842. The van der Waals surface area contributed by atoms with Crippen molar-refractivity contribution in [3.05, 3.63) is 93.3 Å². The molecule has 3 aromatic rings. The average Bonchev–Trinajstić information content (AvgIpc) is 3.36. The predicted molar refractivity (Wildman–Crippen MR) is 108 cm³/mol. The van der Waals surface area contributed by atoms with Gasteiger partial charge in [-0.1, -0.05) is 30.3 Å². The third kappa shape index (κ3) is 4.04. The first kappa shape index (κ1) is 20.0. The van der Waals surface area contributed by atoms with Gasteiger partial charge >= 0.3 is 0 Å². The molecule has 0 spiro atoms. The van der Waals surface area contributed by atoms with Crippen LogP contribution in [0.25, 0.3) is 0 Å². The Balaban J connectivity index is 1.36. The van der Waals surface area contributed by atoms with Crippen molar-refractivity contribution in [2.45, 2.75) is 13.1 Å². The average molecular weight is 419 g/mol. The van der Waals surface area contributed by atoms with Gasteiger partial charge in [0, 0.05) is 25.0 Å². The van der Waals surface area contributed by atoms with Crippen LogP contribution in [-0.4, -0.2) is 43.9 Å². The van der Waals surface area contributed by atoms with Crippen LogP contribution in [0.4, 0.5) is 5.69 Å². The largest absolute Gasteiger partial charge is 0.350 e. The van der Waals surface area contributed by atoms with Gasteiger partial charge in [-0.05, 0) is 23.3 Å². The number of fused-ring (bicyclic) bond motifs is 1. The lowest BCUT2D eigenvalue weighted by molar-refractivity contribution is -0.385. The second-order valence-corrected chi connectivity index (χ2v) is 6.95. The third-order valence-corrected chi connectivity index (χ3v) is 4.89. The van der Waals surface area contributed by atoms with Crippen LogP contribution < -0.4 is 5.32 Å². The fourth-order valence-electron chi connectivity index (χ4n) is 3.36. The summed E-state index contributed by atoms with van der Waals surface area (Å²) < 4.78 is 1.79. The van der Waals surface area contributed by atoms with Gasteiger partial charge in [-0.25, -0.2) is 0 Å². The standard InChI is InChI=1S/C21H17N5O5/c27-18(22-11-14-5-7-15(8-6-14)12-24-10-2-9-23-24)13-25-20(28)16-3-1-4-17(26(30)31)19(16)21(25)29/h1-10H,11-13H2,(H,22,27). The Hall–Kier alpha value is -4.34. The number of carbonyl (C=O) groups excluding carboxylic acids is 3. The second kappa shape index (κ2) is 8.19. The molecule has 1 N–H and O–H groups in total. The molecule has 0 unspecified atom stereocenters. The zero-order valence-corrected chi connectivity index (χ0v) is 16.2. The highest BCUT2D eigenvalue weighted by Crippen LogP contribution is 2.30. The van der Waals surface area contributed by atoms with E-state index in [4.69, 9.17) is 0 Å². The number of aromatic nitrogens is 2. The zero-order chi connectivity index (χ0) is 22.0. The maximum atomic E-state index is 12.5. The quantitative estimate of drug-likeness (QED) is 0.353. The van der Waals surface area contributed by atoms with Crippen molar-refractivity contribution in [3.63, 3.8) is 0 Å². The van der Waals surface area contributed by atoms with Crippen molar-refractivity contribution >= 4 is 23.4 Å². The number of nitro benzene ring substituents is 1. The van der Waals surface area contributed by atoms with Crippen LogP contribution in [0.1, 0.15) is 31.8 Å². The van der Waals surface area contributed by atoms with Crippen LogP contribution in [0.2, 0.25) is 0 Å². The first-order valence-corrected chi connectivity index (χ1v) is 9.39. The van der Waals surface area contributed by atoms with E-state index in [1.54, 1.807) is 10.9 Å². The number of amides is 3. The summed E-state index contributed by atoms with van der Waals surface area (Å²) in [6.45, 7) is 0.330. The van der Waals surface area contributed by atoms with Gasteiger partial charge in [0.05, 0.1) is 17.0 Å². The van der Waals surface area contributed by atoms with Crippen molar-refractivity contribution in [2.24, 2.45) is 0 Å². The molecule has 0 fully saturated rings. The van der Waals surface area contributed by atoms with Gasteiger partial charge in [-0.15, -0.1) is 0 Å². The molecule has 3 amide bonds. The van der Waals surface area contributed by atoms with Gasteiger partial charge in [0.2, 0.25) is 5.91 Å². The van der Waals surface area contributed by atoms with Crippen molar-refractivity contribution in [1.82, 2.24) is 20.0 Å². The Morgan fingerprint density at radius 1 is 1.03 bits per heavy atom. The van der Waals surface area contributed by atoms with Gasteiger partial charge in [0.1, 0.15) is 12.1 Å². The smallest absolute Gasteiger partial charge is 0.282 e. The summed E-state index contributed by atoms with van der Waals surface area (Å²) in [7, 11) is 0. The van der Waals surface area contributed by atoms with E-state index >= 15 is 0 Å². The number of hydrogen-bond donors (Lipinski definition) is 1. The lowest BCUT2D eigenvalue weighted by atomic mass is 10.1. The maximum Gasteiger partial charge on any atom is 0.282 e. The highest BCUT2D eigenvalue weighted by Gasteiger charge is 2.41. The molecule has 0 saturated heterocycles. The molecule has 1 aliphatic heterocycles. The zero-order valence-electron chi connectivity index (χ0n) is 16.2. The Morgan fingerprint density at radius 2 is 1.77 bits per heavy atom. The topological polar surface area (TPSA) is 127 Å². The fraction of sp³-hybridized carbons (Fsp3) is 0.143. The number of nitrogens with one attached hydrogen (secondary N) is 1. The van der Waals surface area contributed by atoms with E-state index in [0.29, 0.717) is 6.54 Å². The number of nitrogens with zero attached hydrogens (tertiary/aromatic N) is 4. The molecular weight excluding hydrogens is 402 g/mol. The molecule has 0 bridgehead atoms. The summed E-state index contributed by atoms with van der Waals surface area (Å²) in [4.78, 5) is 48.4. The minimum absolute atomic E-state index is 0.0697. The molecule has 31 heavy (non-hydrogen) atoms. The van der Waals surface area contributed by atoms with Gasteiger partial charge in [-0.2, -0.15) is 5.10 Å². The molecular formula is C21H17N5O5. The molecule has 1 aliphatic rings. The van der Waals surface area contributed by atoms with E-state index in [1.807, 2.05) is 36.5 Å². The molecule has 10 nitrogen and oxygen atoms in total. The third-order valence-electron chi connectivity index (χ3n) is 4.89. The Kier molecular flexibility index (Phi) is 5.27. The lowest BCUT2D eigenvalue weighted by Gasteiger charge is -2.13. The van der Waals surface area contributed by atoms with Crippen LogP contribution in [0, 0.1) is 10.1 Å². The SMILES string of the molecule is O=C(CN1C(=O)c2cccc([N+](=O)[O-])c2C1=O)NCc1ccc(Cn2cccn2)cc1. The van der Waals surface area contributed by atoms with Crippen molar-refractivity contribution in [3.8, 4) is 0 Å². The van der Waals surface area contributed by atoms with E-state index in [1.165, 1.54) is 12.1 Å². The van der Waals surface area contributed by atoms with Crippen molar-refractivity contribution in [1.29, 1.82) is 0 Å². The molecule has 2 heterocycles. The normalized spacial score (nSPS) is 12.7. The Bertz CT molecular complexity index is 1170. The molecule has 4 rings (SSSR count). The molecule has 0 atom stereocenters. The number of imide groups is 1. The van der Waals surface area contributed by atoms with E-state index in [-0.39, 0.29) is 17.7 Å². The summed E-state index contributed by atoms with van der Waals surface area (Å²) >= 11 is 0.